The van der Waals surface area contributed by atoms with Crippen molar-refractivity contribution in [3.8, 4) is 11.5 Å². The molecule has 33 heavy (non-hydrogen) atoms. The number of likely N-dealkylation sites (N-methyl/N-ethyl adjacent to an activating group) is 1. The lowest BCUT2D eigenvalue weighted by Crippen LogP contribution is -2.44. The molecule has 1 saturated heterocycles. The van der Waals surface area contributed by atoms with E-state index in [4.69, 9.17) is 9.47 Å². The third-order valence-corrected chi connectivity index (χ3v) is 8.33. The van der Waals surface area contributed by atoms with Gasteiger partial charge in [0.05, 0.1) is 18.6 Å². The van der Waals surface area contributed by atoms with Gasteiger partial charge in [0.1, 0.15) is 6.10 Å². The summed E-state index contributed by atoms with van der Waals surface area (Å²) in [6.45, 7) is 9.35. The molecule has 1 N–H and O–H groups in total. The van der Waals surface area contributed by atoms with E-state index in [1.807, 2.05) is 6.08 Å². The number of nitrogens with zero attached hydrogens (tertiary/aromatic N) is 3. The zero-order valence-electron chi connectivity index (χ0n) is 20.5. The zero-order valence-corrected chi connectivity index (χ0v) is 20.5. The van der Waals surface area contributed by atoms with E-state index in [1.165, 1.54) is 69.5 Å². The van der Waals surface area contributed by atoms with Crippen LogP contribution >= 0.6 is 0 Å². The summed E-state index contributed by atoms with van der Waals surface area (Å²) in [5.74, 6) is 1.73. The highest BCUT2D eigenvalue weighted by atomic mass is 16.5. The third-order valence-electron chi connectivity index (χ3n) is 8.33. The molecule has 182 valence electrons. The highest BCUT2D eigenvalue weighted by Crippen LogP contribution is 2.55. The van der Waals surface area contributed by atoms with Crippen LogP contribution in [-0.4, -0.2) is 92.0 Å². The molecule has 3 heterocycles. The van der Waals surface area contributed by atoms with Crippen molar-refractivity contribution in [2.75, 3.05) is 60.0 Å². The fourth-order valence-electron chi connectivity index (χ4n) is 6.28. The molecule has 3 atom stereocenters. The maximum absolute atomic E-state index is 10.2. The molecule has 1 aliphatic carbocycles. The van der Waals surface area contributed by atoms with Gasteiger partial charge >= 0.3 is 0 Å². The Balaban J connectivity index is 1.17. The van der Waals surface area contributed by atoms with Crippen LogP contribution in [0.1, 0.15) is 49.7 Å². The van der Waals surface area contributed by atoms with Crippen LogP contribution in [0.15, 0.2) is 24.3 Å². The molecule has 6 nitrogen and oxygen atoms in total. The second kappa shape index (κ2) is 9.95. The number of hydrogen-bond acceptors (Lipinski definition) is 6. The van der Waals surface area contributed by atoms with Crippen LogP contribution in [-0.2, 0) is 12.0 Å². The van der Waals surface area contributed by atoms with Crippen LogP contribution in [0.5, 0.6) is 11.5 Å². The van der Waals surface area contributed by atoms with Crippen molar-refractivity contribution in [2.45, 2.75) is 62.7 Å². The first-order valence-electron chi connectivity index (χ1n) is 13.0. The molecule has 0 saturated carbocycles. The van der Waals surface area contributed by atoms with E-state index in [0.717, 1.165) is 37.6 Å². The number of rotatable bonds is 8. The Hall–Kier alpha value is -1.60. The van der Waals surface area contributed by atoms with Crippen LogP contribution < -0.4 is 9.47 Å². The molecule has 4 aliphatic rings. The number of aliphatic hydroxyl groups is 1. The number of methoxy groups -OCH3 is 1. The maximum atomic E-state index is 10.2. The molecule has 0 radical (unpaired) electrons. The number of benzene rings is 1. The second-order valence-electron chi connectivity index (χ2n) is 10.5. The van der Waals surface area contributed by atoms with Gasteiger partial charge in [0.15, 0.2) is 11.5 Å². The summed E-state index contributed by atoms with van der Waals surface area (Å²) < 4.78 is 12.1. The van der Waals surface area contributed by atoms with Gasteiger partial charge in [-0.25, -0.2) is 0 Å². The summed E-state index contributed by atoms with van der Waals surface area (Å²) in [7, 11) is 3.94. The average molecular weight is 456 g/mol. The van der Waals surface area contributed by atoms with Crippen molar-refractivity contribution in [1.29, 1.82) is 0 Å². The van der Waals surface area contributed by atoms with Crippen molar-refractivity contribution in [3.05, 3.63) is 35.4 Å². The fraction of sp³-hybridized carbons (Fsp3) is 0.704. The van der Waals surface area contributed by atoms with Gasteiger partial charge in [-0.2, -0.15) is 0 Å². The molecule has 0 aromatic heterocycles. The summed E-state index contributed by atoms with van der Waals surface area (Å²) >= 11 is 0. The van der Waals surface area contributed by atoms with E-state index in [1.54, 1.807) is 7.11 Å². The van der Waals surface area contributed by atoms with Gasteiger partial charge in [-0.1, -0.05) is 31.1 Å². The highest BCUT2D eigenvalue weighted by molar-refractivity contribution is 5.61. The van der Waals surface area contributed by atoms with E-state index >= 15 is 0 Å². The molecule has 3 aliphatic heterocycles. The molecule has 0 bridgehead atoms. The number of ether oxygens (including phenoxy) is 2. The molecular weight excluding hydrogens is 414 g/mol. The van der Waals surface area contributed by atoms with E-state index in [9.17, 15) is 5.11 Å². The quantitative estimate of drug-likeness (QED) is 0.480. The number of aliphatic hydroxyl groups excluding tert-OH is 1. The summed E-state index contributed by atoms with van der Waals surface area (Å²) in [6, 6.07) is 4.29. The third kappa shape index (κ3) is 4.68. The average Bonchev–Trinajstić information content (AvgIpc) is 3.06. The predicted octanol–water partition coefficient (Wildman–Crippen LogP) is 3.03. The van der Waals surface area contributed by atoms with E-state index in [2.05, 4.69) is 40.0 Å². The topological polar surface area (TPSA) is 48.4 Å². The molecule has 1 aromatic rings. The SMILES string of the molecule is COc1ccc2c3c1O[C@H]1C[C@@H](O)C=C[C@@]31CCN(CCCCCCN1CCN(C)CC1)C2. The first kappa shape index (κ1) is 23.2. The number of unbranched alkanes of at least 4 members (excludes halogenated alkanes) is 3. The van der Waals surface area contributed by atoms with Gasteiger partial charge in [-0.3, -0.25) is 4.90 Å². The molecule has 1 fully saturated rings. The second-order valence-corrected chi connectivity index (χ2v) is 10.5. The van der Waals surface area contributed by atoms with E-state index in [0.29, 0.717) is 6.42 Å². The Morgan fingerprint density at radius 2 is 1.79 bits per heavy atom. The molecule has 1 spiro atoms. The Morgan fingerprint density at radius 1 is 1.03 bits per heavy atom. The van der Waals surface area contributed by atoms with Crippen molar-refractivity contribution in [3.63, 3.8) is 0 Å². The zero-order chi connectivity index (χ0) is 22.8. The fourth-order valence-corrected chi connectivity index (χ4v) is 6.28. The van der Waals surface area contributed by atoms with Crippen LogP contribution in [0, 0.1) is 0 Å². The molecule has 1 aromatic carbocycles. The van der Waals surface area contributed by atoms with Gasteiger partial charge in [0, 0.05) is 44.7 Å². The van der Waals surface area contributed by atoms with E-state index < -0.39 is 6.10 Å². The van der Waals surface area contributed by atoms with Gasteiger partial charge in [0.2, 0.25) is 0 Å². The number of hydrogen-bond donors (Lipinski definition) is 1. The summed E-state index contributed by atoms with van der Waals surface area (Å²) in [5.41, 5.74) is 2.54. The normalized spacial score (nSPS) is 29.9. The maximum Gasteiger partial charge on any atom is 0.166 e. The molecule has 0 unspecified atom stereocenters. The Morgan fingerprint density at radius 3 is 2.55 bits per heavy atom. The molecule has 5 rings (SSSR count). The number of piperazine rings is 1. The predicted molar refractivity (Wildman–Crippen MR) is 131 cm³/mol. The Bertz CT molecular complexity index is 851. The molecular formula is C27H41N3O3. The minimum Gasteiger partial charge on any atom is -0.493 e. The highest BCUT2D eigenvalue weighted by Gasteiger charge is 2.52. The van der Waals surface area contributed by atoms with Crippen LogP contribution in [0.4, 0.5) is 0 Å². The van der Waals surface area contributed by atoms with Crippen LogP contribution in [0.3, 0.4) is 0 Å². The Kier molecular flexibility index (Phi) is 6.98. The first-order chi connectivity index (χ1) is 16.1. The first-order valence-corrected chi connectivity index (χ1v) is 13.0. The Labute approximate surface area is 199 Å². The lowest BCUT2D eigenvalue weighted by Gasteiger charge is -2.36. The van der Waals surface area contributed by atoms with Crippen molar-refractivity contribution in [1.82, 2.24) is 14.7 Å². The van der Waals surface area contributed by atoms with Gasteiger partial charge in [-0.05, 0) is 57.6 Å². The lowest BCUT2D eigenvalue weighted by molar-refractivity contribution is 0.0809. The molecule has 6 heteroatoms. The monoisotopic (exact) mass is 455 g/mol. The lowest BCUT2D eigenvalue weighted by atomic mass is 9.69. The van der Waals surface area contributed by atoms with Crippen molar-refractivity contribution < 1.29 is 14.6 Å². The van der Waals surface area contributed by atoms with Crippen molar-refractivity contribution in [2.24, 2.45) is 0 Å². The van der Waals surface area contributed by atoms with Gasteiger partial charge in [0.25, 0.3) is 0 Å². The van der Waals surface area contributed by atoms with Crippen LogP contribution in [0.2, 0.25) is 0 Å². The van der Waals surface area contributed by atoms with Gasteiger partial charge < -0.3 is 24.4 Å². The standard InChI is InChI=1S/C27H41N3O3/c1-28-15-17-29(18-16-28)12-5-3-4-6-13-30-14-11-27-10-9-22(31)19-24(27)33-26-23(32-2)8-7-21(20-30)25(26)27/h7-10,22,24,31H,3-6,11-20H2,1-2H3/t22-,24-,27-/m0/s1. The summed E-state index contributed by atoms with van der Waals surface area (Å²) in [4.78, 5) is 7.69. The van der Waals surface area contributed by atoms with Crippen molar-refractivity contribution >= 4 is 0 Å². The van der Waals surface area contributed by atoms with Crippen LogP contribution in [0.25, 0.3) is 0 Å². The minimum absolute atomic E-state index is 0.00271. The minimum atomic E-state index is -0.422. The molecule has 0 amide bonds. The summed E-state index contributed by atoms with van der Waals surface area (Å²) in [6.07, 6.45) is 10.7. The largest absolute Gasteiger partial charge is 0.493 e. The van der Waals surface area contributed by atoms with E-state index in [-0.39, 0.29) is 11.5 Å². The van der Waals surface area contributed by atoms with Gasteiger partial charge in [-0.15, -0.1) is 0 Å². The summed E-state index contributed by atoms with van der Waals surface area (Å²) in [5, 5.41) is 10.2. The smallest absolute Gasteiger partial charge is 0.166 e.